The molecule has 4 rings (SSSR count). The lowest BCUT2D eigenvalue weighted by molar-refractivity contribution is -0.122. The molecule has 0 saturated heterocycles. The molecule has 0 bridgehead atoms. The van der Waals surface area contributed by atoms with E-state index >= 15 is 0 Å². The van der Waals surface area contributed by atoms with Crippen LogP contribution < -0.4 is 10.2 Å². The second-order valence-corrected chi connectivity index (χ2v) is 8.60. The Morgan fingerprint density at radius 1 is 1.18 bits per heavy atom. The lowest BCUT2D eigenvalue weighted by Crippen LogP contribution is -2.37. The average Bonchev–Trinajstić information content (AvgIpc) is 2.96. The Morgan fingerprint density at radius 3 is 2.64 bits per heavy atom. The van der Waals surface area contributed by atoms with Gasteiger partial charge in [-0.05, 0) is 38.5 Å². The fourth-order valence-electron chi connectivity index (χ4n) is 4.22. The lowest BCUT2D eigenvalue weighted by atomic mass is 9.85. The monoisotopic (exact) mass is 458 g/mol. The minimum absolute atomic E-state index is 0.0242. The van der Waals surface area contributed by atoms with E-state index in [2.05, 4.69) is 15.5 Å². The smallest absolute Gasteiger partial charge is 0.266 e. The van der Waals surface area contributed by atoms with Gasteiger partial charge in [0, 0.05) is 42.2 Å². The number of methoxy groups -OCH3 is 1. The fourth-order valence-corrected chi connectivity index (χ4v) is 4.22. The van der Waals surface area contributed by atoms with Gasteiger partial charge in [0.05, 0.1) is 23.3 Å². The number of fused-ring (bicyclic) bond motifs is 2. The summed E-state index contributed by atoms with van der Waals surface area (Å²) in [5, 5.41) is 13.0. The molecule has 33 heavy (non-hydrogen) atoms. The Bertz CT molecular complexity index is 1230. The Morgan fingerprint density at radius 2 is 1.94 bits per heavy atom. The molecule has 0 fully saturated rings. The van der Waals surface area contributed by atoms with Gasteiger partial charge in [-0.3, -0.25) is 4.79 Å². The van der Waals surface area contributed by atoms with Crippen molar-refractivity contribution in [3.05, 3.63) is 58.5 Å². The number of carbonyl (C=O) groups is 1. The minimum Gasteiger partial charge on any atom is -0.383 e. The van der Waals surface area contributed by atoms with Crippen LogP contribution in [0.3, 0.4) is 0 Å². The zero-order chi connectivity index (χ0) is 23.9. The first-order valence-electron chi connectivity index (χ1n) is 10.6. The molecule has 3 aromatic rings. The molecule has 0 aliphatic carbocycles. The van der Waals surface area contributed by atoms with Crippen LogP contribution in [0.5, 0.6) is 0 Å². The molecule has 1 amide bonds. The summed E-state index contributed by atoms with van der Waals surface area (Å²) in [7, 11) is 1.58. The SMILES string of the molecule is COCCN1C(=O)C(C)(C)c2cc3c(C)nnc(NCc4cccc(C(F)F)c4F)c3cc21. The molecule has 0 radical (unpaired) electrons. The molecule has 174 valence electrons. The van der Waals surface area contributed by atoms with Crippen LogP contribution in [0.25, 0.3) is 10.8 Å². The molecule has 0 saturated carbocycles. The molecule has 1 aliphatic rings. The van der Waals surface area contributed by atoms with E-state index in [9.17, 15) is 18.0 Å². The van der Waals surface area contributed by atoms with E-state index in [4.69, 9.17) is 4.74 Å². The fraction of sp³-hybridized carbons (Fsp3) is 0.375. The summed E-state index contributed by atoms with van der Waals surface area (Å²) in [6.45, 7) is 6.34. The largest absolute Gasteiger partial charge is 0.383 e. The molecule has 1 aliphatic heterocycles. The zero-order valence-electron chi connectivity index (χ0n) is 18.9. The van der Waals surface area contributed by atoms with Crippen LogP contribution in [0.4, 0.5) is 24.7 Å². The van der Waals surface area contributed by atoms with Gasteiger partial charge in [0.25, 0.3) is 6.43 Å². The van der Waals surface area contributed by atoms with Crippen molar-refractivity contribution < 1.29 is 22.7 Å². The summed E-state index contributed by atoms with van der Waals surface area (Å²) < 4.78 is 45.7. The van der Waals surface area contributed by atoms with E-state index in [0.29, 0.717) is 30.0 Å². The molecule has 0 unspecified atom stereocenters. The summed E-state index contributed by atoms with van der Waals surface area (Å²) in [5.41, 5.74) is 1.08. The van der Waals surface area contributed by atoms with Crippen molar-refractivity contribution in [3.8, 4) is 0 Å². The van der Waals surface area contributed by atoms with Gasteiger partial charge in [0.15, 0.2) is 5.82 Å². The van der Waals surface area contributed by atoms with Gasteiger partial charge in [-0.1, -0.05) is 18.2 Å². The van der Waals surface area contributed by atoms with E-state index in [-0.39, 0.29) is 18.0 Å². The van der Waals surface area contributed by atoms with Crippen LogP contribution in [-0.2, 0) is 21.5 Å². The van der Waals surface area contributed by atoms with Crippen LogP contribution in [0.2, 0.25) is 0 Å². The van der Waals surface area contributed by atoms with Gasteiger partial charge in [0.2, 0.25) is 5.91 Å². The number of nitrogens with zero attached hydrogens (tertiary/aromatic N) is 3. The molecule has 1 N–H and O–H groups in total. The number of ether oxygens (including phenoxy) is 1. The number of hydrogen-bond donors (Lipinski definition) is 1. The van der Waals surface area contributed by atoms with Crippen LogP contribution in [-0.4, -0.2) is 36.4 Å². The van der Waals surface area contributed by atoms with Crippen molar-refractivity contribution in [3.63, 3.8) is 0 Å². The highest BCUT2D eigenvalue weighted by Crippen LogP contribution is 2.44. The Balaban J connectivity index is 1.76. The summed E-state index contributed by atoms with van der Waals surface area (Å²) in [5.74, 6) is -0.587. The van der Waals surface area contributed by atoms with E-state index in [1.165, 1.54) is 12.1 Å². The van der Waals surface area contributed by atoms with Gasteiger partial charge >= 0.3 is 0 Å². The lowest BCUT2D eigenvalue weighted by Gasteiger charge is -2.20. The number of anilines is 2. The quantitative estimate of drug-likeness (QED) is 0.546. The minimum atomic E-state index is -2.90. The van der Waals surface area contributed by atoms with Crippen LogP contribution in [0.15, 0.2) is 30.3 Å². The first-order chi connectivity index (χ1) is 15.7. The number of benzene rings is 2. The van der Waals surface area contributed by atoms with Crippen molar-refractivity contribution in [2.24, 2.45) is 0 Å². The predicted molar refractivity (Wildman–Crippen MR) is 120 cm³/mol. The van der Waals surface area contributed by atoms with Gasteiger partial charge in [-0.15, -0.1) is 5.10 Å². The molecule has 9 heteroatoms. The normalized spacial score (nSPS) is 14.9. The standard InChI is InChI=1S/C24H25F3N4O2/c1-13-16-10-18-19(31(8-9-33-4)23(32)24(18,2)3)11-17(16)22(30-29-13)28-12-14-6-5-7-15(20(14)25)21(26)27/h5-7,10-11,21H,8-9,12H2,1-4H3,(H,28,30). The number of aryl methyl sites for hydroxylation is 1. The third kappa shape index (κ3) is 3.90. The third-order valence-electron chi connectivity index (χ3n) is 6.13. The second-order valence-electron chi connectivity index (χ2n) is 8.60. The number of nitrogens with one attached hydrogen (secondary N) is 1. The Kier molecular flexibility index (Phi) is 6.00. The maximum Gasteiger partial charge on any atom is 0.266 e. The average molecular weight is 458 g/mol. The number of amides is 1. The Hall–Kier alpha value is -3.20. The summed E-state index contributed by atoms with van der Waals surface area (Å²) in [6, 6.07) is 7.74. The van der Waals surface area contributed by atoms with E-state index < -0.39 is 23.2 Å². The van der Waals surface area contributed by atoms with Gasteiger partial charge < -0.3 is 15.0 Å². The number of halogens is 3. The molecular formula is C24H25F3N4O2. The molecule has 1 aromatic heterocycles. The maximum absolute atomic E-state index is 14.5. The highest BCUT2D eigenvalue weighted by Gasteiger charge is 2.44. The van der Waals surface area contributed by atoms with E-state index in [0.717, 1.165) is 22.7 Å². The van der Waals surface area contributed by atoms with E-state index in [1.807, 2.05) is 32.9 Å². The molecular weight excluding hydrogens is 433 g/mol. The topological polar surface area (TPSA) is 67.3 Å². The van der Waals surface area contributed by atoms with Gasteiger partial charge in [0.1, 0.15) is 5.82 Å². The van der Waals surface area contributed by atoms with Gasteiger partial charge in [-0.25, -0.2) is 13.2 Å². The molecule has 2 aromatic carbocycles. The van der Waals surface area contributed by atoms with Crippen LogP contribution in [0, 0.1) is 12.7 Å². The summed E-state index contributed by atoms with van der Waals surface area (Å²) >= 11 is 0. The number of rotatable bonds is 7. The van der Waals surface area contributed by atoms with Crippen molar-refractivity contribution in [1.29, 1.82) is 0 Å². The maximum atomic E-state index is 14.5. The first-order valence-corrected chi connectivity index (χ1v) is 10.6. The predicted octanol–water partition coefficient (Wildman–Crippen LogP) is 4.90. The van der Waals surface area contributed by atoms with E-state index in [1.54, 1.807) is 12.0 Å². The van der Waals surface area contributed by atoms with Crippen molar-refractivity contribution >= 4 is 28.2 Å². The second kappa shape index (κ2) is 8.62. The molecule has 2 heterocycles. The molecule has 6 nitrogen and oxygen atoms in total. The van der Waals surface area contributed by atoms with Crippen molar-refractivity contribution in [2.75, 3.05) is 30.5 Å². The highest BCUT2D eigenvalue weighted by molar-refractivity contribution is 6.11. The molecule has 0 spiro atoms. The zero-order valence-corrected chi connectivity index (χ0v) is 18.9. The first kappa shape index (κ1) is 23.0. The number of aromatic nitrogens is 2. The van der Waals surface area contributed by atoms with Crippen molar-refractivity contribution in [2.45, 2.75) is 39.2 Å². The van der Waals surface area contributed by atoms with Crippen LogP contribution in [0.1, 0.15) is 42.7 Å². The number of carbonyl (C=O) groups excluding carboxylic acids is 1. The van der Waals surface area contributed by atoms with Crippen molar-refractivity contribution in [1.82, 2.24) is 10.2 Å². The highest BCUT2D eigenvalue weighted by atomic mass is 19.3. The third-order valence-corrected chi connectivity index (χ3v) is 6.13. The number of alkyl halides is 2. The number of hydrogen-bond acceptors (Lipinski definition) is 5. The Labute approximate surface area is 189 Å². The van der Waals surface area contributed by atoms with Gasteiger partial charge in [-0.2, -0.15) is 5.10 Å². The summed E-state index contributed by atoms with van der Waals surface area (Å²) in [6.07, 6.45) is -2.90. The molecule has 0 atom stereocenters. The summed E-state index contributed by atoms with van der Waals surface area (Å²) in [4.78, 5) is 14.8. The van der Waals surface area contributed by atoms with Crippen LogP contribution >= 0.6 is 0 Å².